The average Bonchev–Trinajstić information content (AvgIpc) is 2.38. The number of nitrogens with one attached hydrogen (secondary N) is 1. The van der Waals surface area contributed by atoms with Crippen molar-refractivity contribution in [2.75, 3.05) is 18.2 Å². The van der Waals surface area contributed by atoms with Gasteiger partial charge in [-0.05, 0) is 24.3 Å². The Morgan fingerprint density at radius 2 is 2.05 bits per heavy atom. The zero-order valence-corrected chi connectivity index (χ0v) is 10.4. The van der Waals surface area contributed by atoms with Crippen LogP contribution in [0.1, 0.15) is 10.4 Å². The van der Waals surface area contributed by atoms with Crippen molar-refractivity contribution in [1.29, 1.82) is 0 Å². The number of phenols is 1. The summed E-state index contributed by atoms with van der Waals surface area (Å²) in [5, 5.41) is 12.0. The molecule has 0 aliphatic rings. The van der Waals surface area contributed by atoms with Gasteiger partial charge in [0.25, 0.3) is 5.91 Å². The standard InChI is InChI=1S/C14H14N2O3/c1-19-11-5-6-12(13(15)8-11)14(18)16-9-3-2-4-10(17)7-9/h2-8,17H,15H2,1H3,(H,16,18). The number of carbonyl (C=O) groups is 1. The molecule has 0 atom stereocenters. The van der Waals surface area contributed by atoms with Gasteiger partial charge in [0.2, 0.25) is 0 Å². The van der Waals surface area contributed by atoms with E-state index in [1.165, 1.54) is 19.2 Å². The number of rotatable bonds is 3. The molecule has 1 amide bonds. The van der Waals surface area contributed by atoms with Crippen molar-refractivity contribution in [1.82, 2.24) is 0 Å². The van der Waals surface area contributed by atoms with Crippen LogP contribution in [0, 0.1) is 0 Å². The molecule has 0 spiro atoms. The molecule has 0 aromatic heterocycles. The molecule has 0 heterocycles. The summed E-state index contributed by atoms with van der Waals surface area (Å²) in [6, 6.07) is 11.1. The van der Waals surface area contributed by atoms with E-state index in [0.717, 1.165) is 0 Å². The van der Waals surface area contributed by atoms with Gasteiger partial charge in [-0.1, -0.05) is 6.07 Å². The molecule has 0 radical (unpaired) electrons. The van der Waals surface area contributed by atoms with Gasteiger partial charge in [-0.15, -0.1) is 0 Å². The number of nitrogens with two attached hydrogens (primary N) is 1. The Hall–Kier alpha value is -2.69. The van der Waals surface area contributed by atoms with Crippen LogP contribution in [0.3, 0.4) is 0 Å². The van der Waals surface area contributed by atoms with E-state index < -0.39 is 0 Å². The SMILES string of the molecule is COc1ccc(C(=O)Nc2cccc(O)c2)c(N)c1. The van der Waals surface area contributed by atoms with Crippen LogP contribution in [0.5, 0.6) is 11.5 Å². The lowest BCUT2D eigenvalue weighted by Gasteiger charge is -2.09. The lowest BCUT2D eigenvalue weighted by molar-refractivity contribution is 0.102. The molecule has 2 rings (SSSR count). The van der Waals surface area contributed by atoms with Gasteiger partial charge in [0.15, 0.2) is 0 Å². The van der Waals surface area contributed by atoms with Crippen LogP contribution in [0.15, 0.2) is 42.5 Å². The molecule has 98 valence electrons. The Morgan fingerprint density at radius 1 is 1.26 bits per heavy atom. The van der Waals surface area contributed by atoms with E-state index in [0.29, 0.717) is 22.7 Å². The number of methoxy groups -OCH3 is 1. The second-order valence-corrected chi connectivity index (χ2v) is 3.96. The summed E-state index contributed by atoms with van der Waals surface area (Å²) in [5.74, 6) is 0.331. The Labute approximate surface area is 110 Å². The summed E-state index contributed by atoms with van der Waals surface area (Å²) in [6.07, 6.45) is 0. The molecule has 4 N–H and O–H groups in total. The first-order chi connectivity index (χ1) is 9.10. The van der Waals surface area contributed by atoms with Crippen molar-refractivity contribution in [3.05, 3.63) is 48.0 Å². The number of phenolic OH excluding ortho intramolecular Hbond substituents is 1. The van der Waals surface area contributed by atoms with E-state index in [2.05, 4.69) is 5.32 Å². The lowest BCUT2D eigenvalue weighted by atomic mass is 10.1. The second-order valence-electron chi connectivity index (χ2n) is 3.96. The highest BCUT2D eigenvalue weighted by Gasteiger charge is 2.11. The monoisotopic (exact) mass is 258 g/mol. The van der Waals surface area contributed by atoms with E-state index in [9.17, 15) is 9.90 Å². The summed E-state index contributed by atoms with van der Waals surface area (Å²) in [6.45, 7) is 0. The molecule has 0 bridgehead atoms. The summed E-state index contributed by atoms with van der Waals surface area (Å²) in [5.41, 5.74) is 6.97. The van der Waals surface area contributed by atoms with Gasteiger partial charge in [0.05, 0.1) is 12.7 Å². The molecule has 19 heavy (non-hydrogen) atoms. The maximum atomic E-state index is 12.0. The molecule has 0 aliphatic heterocycles. The number of hydrogen-bond acceptors (Lipinski definition) is 4. The smallest absolute Gasteiger partial charge is 0.257 e. The Balaban J connectivity index is 2.20. The van der Waals surface area contributed by atoms with Gasteiger partial charge in [0.1, 0.15) is 11.5 Å². The van der Waals surface area contributed by atoms with E-state index in [1.807, 2.05) is 0 Å². The largest absolute Gasteiger partial charge is 0.508 e. The van der Waals surface area contributed by atoms with Gasteiger partial charge in [-0.3, -0.25) is 4.79 Å². The Bertz CT molecular complexity index is 611. The fraction of sp³-hybridized carbons (Fsp3) is 0.0714. The van der Waals surface area contributed by atoms with Crippen LogP contribution in [0.2, 0.25) is 0 Å². The predicted molar refractivity (Wildman–Crippen MR) is 73.5 cm³/mol. The quantitative estimate of drug-likeness (QED) is 0.737. The van der Waals surface area contributed by atoms with Crippen molar-refractivity contribution in [3.63, 3.8) is 0 Å². The lowest BCUT2D eigenvalue weighted by Crippen LogP contribution is -2.13. The highest BCUT2D eigenvalue weighted by molar-refractivity contribution is 6.07. The minimum atomic E-state index is -0.342. The van der Waals surface area contributed by atoms with Gasteiger partial charge < -0.3 is 20.9 Å². The molecule has 5 heteroatoms. The molecule has 2 aromatic carbocycles. The fourth-order valence-electron chi connectivity index (χ4n) is 1.66. The molecule has 0 fully saturated rings. The highest BCUT2D eigenvalue weighted by Crippen LogP contribution is 2.21. The van der Waals surface area contributed by atoms with Crippen LogP contribution in [-0.4, -0.2) is 18.1 Å². The predicted octanol–water partition coefficient (Wildman–Crippen LogP) is 2.24. The molecule has 0 saturated carbocycles. The van der Waals surface area contributed by atoms with Crippen LogP contribution >= 0.6 is 0 Å². The average molecular weight is 258 g/mol. The van der Waals surface area contributed by atoms with Crippen molar-refractivity contribution in [3.8, 4) is 11.5 Å². The van der Waals surface area contributed by atoms with Gasteiger partial charge in [0, 0.05) is 23.5 Å². The molecular weight excluding hydrogens is 244 g/mol. The molecule has 5 nitrogen and oxygen atoms in total. The minimum absolute atomic E-state index is 0.0838. The highest BCUT2D eigenvalue weighted by atomic mass is 16.5. The van der Waals surface area contributed by atoms with Crippen molar-refractivity contribution in [2.45, 2.75) is 0 Å². The van der Waals surface area contributed by atoms with E-state index >= 15 is 0 Å². The topological polar surface area (TPSA) is 84.6 Å². The zero-order valence-electron chi connectivity index (χ0n) is 10.4. The van der Waals surface area contributed by atoms with Crippen molar-refractivity contribution in [2.24, 2.45) is 0 Å². The number of nitrogen functional groups attached to an aromatic ring is 1. The molecule has 2 aromatic rings. The Kier molecular flexibility index (Phi) is 3.56. The number of ether oxygens (including phenoxy) is 1. The van der Waals surface area contributed by atoms with Crippen molar-refractivity contribution < 1.29 is 14.6 Å². The first-order valence-electron chi connectivity index (χ1n) is 5.64. The number of benzene rings is 2. The van der Waals surface area contributed by atoms with E-state index in [-0.39, 0.29) is 11.7 Å². The second kappa shape index (κ2) is 5.30. The zero-order chi connectivity index (χ0) is 13.8. The summed E-state index contributed by atoms with van der Waals surface area (Å²) in [7, 11) is 1.53. The Morgan fingerprint density at radius 3 is 2.68 bits per heavy atom. The molecule has 0 aliphatic carbocycles. The third-order valence-corrected chi connectivity index (χ3v) is 2.61. The van der Waals surface area contributed by atoms with E-state index in [1.54, 1.807) is 30.3 Å². The summed E-state index contributed by atoms with van der Waals surface area (Å²) >= 11 is 0. The summed E-state index contributed by atoms with van der Waals surface area (Å²) in [4.78, 5) is 12.0. The summed E-state index contributed by atoms with van der Waals surface area (Å²) < 4.78 is 5.02. The number of aromatic hydroxyl groups is 1. The first-order valence-corrected chi connectivity index (χ1v) is 5.64. The van der Waals surface area contributed by atoms with Crippen LogP contribution < -0.4 is 15.8 Å². The van der Waals surface area contributed by atoms with E-state index in [4.69, 9.17) is 10.5 Å². The van der Waals surface area contributed by atoms with Gasteiger partial charge in [-0.25, -0.2) is 0 Å². The third kappa shape index (κ3) is 2.95. The maximum Gasteiger partial charge on any atom is 0.257 e. The number of carbonyl (C=O) groups excluding carboxylic acids is 1. The molecular formula is C14H14N2O3. The normalized spacial score (nSPS) is 9.95. The van der Waals surface area contributed by atoms with Crippen molar-refractivity contribution >= 4 is 17.3 Å². The number of anilines is 2. The molecule has 0 saturated heterocycles. The van der Waals surface area contributed by atoms with Gasteiger partial charge >= 0.3 is 0 Å². The van der Waals surface area contributed by atoms with Crippen LogP contribution in [0.4, 0.5) is 11.4 Å². The van der Waals surface area contributed by atoms with Crippen LogP contribution in [-0.2, 0) is 0 Å². The van der Waals surface area contributed by atoms with Crippen LogP contribution in [0.25, 0.3) is 0 Å². The first kappa shape index (κ1) is 12.8. The minimum Gasteiger partial charge on any atom is -0.508 e. The number of hydrogen-bond donors (Lipinski definition) is 3. The maximum absolute atomic E-state index is 12.0. The molecule has 0 unspecified atom stereocenters. The van der Waals surface area contributed by atoms with Gasteiger partial charge in [-0.2, -0.15) is 0 Å². The number of amides is 1. The third-order valence-electron chi connectivity index (χ3n) is 2.61. The fourth-order valence-corrected chi connectivity index (χ4v) is 1.66.